The zero-order valence-corrected chi connectivity index (χ0v) is 17.9. The fourth-order valence-electron chi connectivity index (χ4n) is 4.90. The number of carboxylic acid groups (broad SMARTS) is 1. The third-order valence-corrected chi connectivity index (χ3v) is 6.38. The van der Waals surface area contributed by atoms with Gasteiger partial charge in [-0.1, -0.05) is 30.3 Å². The summed E-state index contributed by atoms with van der Waals surface area (Å²) in [6.45, 7) is 1.61. The Morgan fingerprint density at radius 2 is 1.94 bits per heavy atom. The van der Waals surface area contributed by atoms with Crippen LogP contribution in [0.5, 0.6) is 0 Å². The maximum absolute atomic E-state index is 13.2. The number of amides is 2. The molecule has 8 heteroatoms. The van der Waals surface area contributed by atoms with E-state index in [4.69, 9.17) is 0 Å². The molecule has 3 N–H and O–H groups in total. The Hall–Kier alpha value is -3.42. The van der Waals surface area contributed by atoms with Gasteiger partial charge >= 0.3 is 5.97 Å². The van der Waals surface area contributed by atoms with Crippen LogP contribution in [0.1, 0.15) is 42.5 Å². The Balaban J connectivity index is 1.57. The zero-order chi connectivity index (χ0) is 22.8. The van der Waals surface area contributed by atoms with Crippen molar-refractivity contribution in [3.05, 3.63) is 59.4 Å². The lowest BCUT2D eigenvalue weighted by Crippen LogP contribution is -2.53. The minimum atomic E-state index is -0.992. The number of nitrogens with one attached hydrogen (secondary N) is 2. The molecule has 0 bridgehead atoms. The topological polar surface area (TPSA) is 118 Å². The lowest BCUT2D eigenvalue weighted by Gasteiger charge is -2.33. The molecule has 0 saturated carbocycles. The Morgan fingerprint density at radius 1 is 1.19 bits per heavy atom. The van der Waals surface area contributed by atoms with Crippen molar-refractivity contribution in [2.24, 2.45) is 5.92 Å². The van der Waals surface area contributed by atoms with Gasteiger partial charge in [0.1, 0.15) is 11.8 Å². The first kappa shape index (κ1) is 21.8. The molecule has 4 atom stereocenters. The predicted octanol–water partition coefficient (Wildman–Crippen LogP) is 1.42. The molecule has 0 fully saturated rings. The van der Waals surface area contributed by atoms with Crippen molar-refractivity contribution >= 4 is 23.6 Å². The fraction of sp³-hybridized carbons (Fsp3) is 0.417. The molecule has 1 aliphatic carbocycles. The van der Waals surface area contributed by atoms with Crippen LogP contribution < -0.4 is 10.6 Å². The number of Topliss-reactive ketones (excluding diaryl/α,β-unsaturated/α-hetero) is 1. The average molecular weight is 437 g/mol. The molecule has 2 unspecified atom stereocenters. The maximum Gasteiger partial charge on any atom is 0.308 e. The molecule has 2 aromatic rings. The van der Waals surface area contributed by atoms with Crippen LogP contribution in [0.3, 0.4) is 0 Å². The lowest BCUT2D eigenvalue weighted by molar-refractivity contribution is -0.144. The standard InChI is InChI=1S/C24H27N3O5/c1-14(28)25-19(11-15-5-3-2-4-6-15)23(30)26-18-8-7-16-9-10-27-13-17(24(31)32)12-20(29)21(18)22(16)27/h2-6,9-10,17-19,21H,7-8,11-13H2,1H3,(H,25,28)(H,26,30)(H,31,32)/t17-,18-,19?,21?/m0/s1. The summed E-state index contributed by atoms with van der Waals surface area (Å²) in [5.74, 6) is -3.19. The second kappa shape index (κ2) is 8.98. The summed E-state index contributed by atoms with van der Waals surface area (Å²) in [6, 6.07) is 10.1. The molecule has 2 aliphatic rings. The van der Waals surface area contributed by atoms with Crippen LogP contribution >= 0.6 is 0 Å². The van der Waals surface area contributed by atoms with Gasteiger partial charge in [0.2, 0.25) is 11.8 Å². The Kier molecular flexibility index (Phi) is 6.12. The molecular weight excluding hydrogens is 410 g/mol. The highest BCUT2D eigenvalue weighted by atomic mass is 16.4. The fourth-order valence-corrected chi connectivity index (χ4v) is 4.90. The van der Waals surface area contributed by atoms with Crippen LogP contribution in [0.4, 0.5) is 0 Å². The van der Waals surface area contributed by atoms with Gasteiger partial charge in [0.15, 0.2) is 0 Å². The van der Waals surface area contributed by atoms with E-state index in [1.54, 1.807) is 0 Å². The molecule has 8 nitrogen and oxygen atoms in total. The Labute approximate surface area is 186 Å². The number of carbonyl (C=O) groups excluding carboxylic acids is 3. The number of rotatable bonds is 6. The minimum absolute atomic E-state index is 0.0629. The van der Waals surface area contributed by atoms with E-state index in [1.807, 2.05) is 47.2 Å². The van der Waals surface area contributed by atoms with E-state index in [0.29, 0.717) is 19.3 Å². The van der Waals surface area contributed by atoms with Crippen LogP contribution in [0.15, 0.2) is 42.6 Å². The predicted molar refractivity (Wildman–Crippen MR) is 116 cm³/mol. The number of carboxylic acids is 1. The summed E-state index contributed by atoms with van der Waals surface area (Å²) in [6.07, 6.45) is 3.38. The van der Waals surface area contributed by atoms with Crippen molar-refractivity contribution in [1.29, 1.82) is 0 Å². The number of aliphatic carboxylic acids is 1. The van der Waals surface area contributed by atoms with Crippen molar-refractivity contribution in [2.45, 2.75) is 57.2 Å². The Morgan fingerprint density at radius 3 is 2.62 bits per heavy atom. The largest absolute Gasteiger partial charge is 0.481 e. The quantitative estimate of drug-likeness (QED) is 0.632. The molecule has 1 aliphatic heterocycles. The third kappa shape index (κ3) is 4.44. The number of hydrogen-bond acceptors (Lipinski definition) is 4. The van der Waals surface area contributed by atoms with Crippen molar-refractivity contribution in [3.63, 3.8) is 0 Å². The molecule has 2 heterocycles. The van der Waals surface area contributed by atoms with Gasteiger partial charge < -0.3 is 20.3 Å². The van der Waals surface area contributed by atoms with Crippen molar-refractivity contribution in [2.75, 3.05) is 0 Å². The van der Waals surface area contributed by atoms with Crippen LogP contribution in [-0.2, 0) is 38.6 Å². The molecule has 0 spiro atoms. The first-order chi connectivity index (χ1) is 15.3. The van der Waals surface area contributed by atoms with Crippen molar-refractivity contribution < 1.29 is 24.3 Å². The maximum atomic E-state index is 13.2. The minimum Gasteiger partial charge on any atom is -0.481 e. The molecule has 0 saturated heterocycles. The summed E-state index contributed by atoms with van der Waals surface area (Å²) in [7, 11) is 0. The van der Waals surface area contributed by atoms with Crippen molar-refractivity contribution in [1.82, 2.24) is 15.2 Å². The van der Waals surface area contributed by atoms with E-state index in [1.165, 1.54) is 6.92 Å². The first-order valence-corrected chi connectivity index (χ1v) is 10.9. The second-order valence-electron chi connectivity index (χ2n) is 8.66. The Bertz CT molecular complexity index is 1050. The van der Waals surface area contributed by atoms with Gasteiger partial charge in [0.25, 0.3) is 0 Å². The number of carbonyl (C=O) groups is 4. The van der Waals surface area contributed by atoms with E-state index < -0.39 is 29.9 Å². The molecule has 4 rings (SSSR count). The van der Waals surface area contributed by atoms with E-state index in [0.717, 1.165) is 16.8 Å². The molecular formula is C24H27N3O5. The SMILES string of the molecule is CC(=O)NC(Cc1ccccc1)C(=O)N[C@H]1CCc2ccn3c2C1C(=O)C[C@H](C(=O)O)C3. The van der Waals surface area contributed by atoms with E-state index in [9.17, 15) is 24.3 Å². The molecule has 1 aromatic heterocycles. The summed E-state index contributed by atoms with van der Waals surface area (Å²) >= 11 is 0. The normalized spacial score (nSPS) is 22.9. The highest BCUT2D eigenvalue weighted by molar-refractivity contribution is 5.92. The number of aromatic nitrogens is 1. The van der Waals surface area contributed by atoms with Crippen LogP contribution in [0.2, 0.25) is 0 Å². The number of ketones is 1. The van der Waals surface area contributed by atoms with E-state index in [-0.39, 0.29) is 30.6 Å². The second-order valence-corrected chi connectivity index (χ2v) is 8.66. The molecule has 32 heavy (non-hydrogen) atoms. The number of nitrogens with zero attached hydrogens (tertiary/aromatic N) is 1. The van der Waals surface area contributed by atoms with Gasteiger partial charge in [-0.2, -0.15) is 0 Å². The zero-order valence-electron chi connectivity index (χ0n) is 17.9. The van der Waals surface area contributed by atoms with Gasteiger partial charge in [-0.05, 0) is 30.0 Å². The lowest BCUT2D eigenvalue weighted by atomic mass is 9.79. The van der Waals surface area contributed by atoms with Crippen molar-refractivity contribution in [3.8, 4) is 0 Å². The van der Waals surface area contributed by atoms with Crippen LogP contribution in [0, 0.1) is 5.92 Å². The van der Waals surface area contributed by atoms with Gasteiger partial charge in [-0.25, -0.2) is 0 Å². The highest BCUT2D eigenvalue weighted by Gasteiger charge is 2.42. The molecule has 1 aromatic carbocycles. The summed E-state index contributed by atoms with van der Waals surface area (Å²) in [4.78, 5) is 49.7. The van der Waals surface area contributed by atoms with Crippen LogP contribution in [-0.4, -0.2) is 45.3 Å². The monoisotopic (exact) mass is 437 g/mol. The highest BCUT2D eigenvalue weighted by Crippen LogP contribution is 2.38. The molecule has 168 valence electrons. The van der Waals surface area contributed by atoms with Gasteiger partial charge in [-0.3, -0.25) is 19.2 Å². The number of hydrogen-bond donors (Lipinski definition) is 3. The van der Waals surface area contributed by atoms with Gasteiger partial charge in [0.05, 0.1) is 11.8 Å². The number of aryl methyl sites for hydroxylation is 1. The third-order valence-electron chi connectivity index (χ3n) is 6.38. The van der Waals surface area contributed by atoms with Gasteiger partial charge in [-0.15, -0.1) is 0 Å². The summed E-state index contributed by atoms with van der Waals surface area (Å²) < 4.78 is 1.86. The summed E-state index contributed by atoms with van der Waals surface area (Å²) in [5, 5.41) is 15.2. The molecule has 2 amide bonds. The summed E-state index contributed by atoms with van der Waals surface area (Å²) in [5.41, 5.74) is 2.76. The first-order valence-electron chi connectivity index (χ1n) is 10.9. The van der Waals surface area contributed by atoms with E-state index in [2.05, 4.69) is 10.6 Å². The van der Waals surface area contributed by atoms with Gasteiger partial charge in [0, 0.05) is 44.2 Å². The average Bonchev–Trinajstić information content (AvgIpc) is 3.08. The van der Waals surface area contributed by atoms with E-state index >= 15 is 0 Å². The van der Waals surface area contributed by atoms with Crippen LogP contribution in [0.25, 0.3) is 0 Å². The molecule has 0 radical (unpaired) electrons. The smallest absolute Gasteiger partial charge is 0.308 e. The number of benzene rings is 1.